The van der Waals surface area contributed by atoms with E-state index >= 15 is 0 Å². The first-order valence-electron chi connectivity index (χ1n) is 9.11. The van der Waals surface area contributed by atoms with E-state index < -0.39 is 0 Å². The summed E-state index contributed by atoms with van der Waals surface area (Å²) in [6, 6.07) is 8.52. The molecule has 0 atom stereocenters. The molecule has 1 fully saturated rings. The van der Waals surface area contributed by atoms with Crippen LogP contribution in [0.3, 0.4) is 0 Å². The maximum absolute atomic E-state index is 11.6. The molecule has 1 amide bonds. The van der Waals surface area contributed by atoms with Crippen LogP contribution in [0, 0.1) is 5.92 Å². The Hall–Kier alpha value is -2.63. The summed E-state index contributed by atoms with van der Waals surface area (Å²) in [6.45, 7) is 2.30. The van der Waals surface area contributed by atoms with Crippen LogP contribution >= 0.6 is 0 Å². The molecule has 6 heteroatoms. The van der Waals surface area contributed by atoms with Crippen molar-refractivity contribution in [1.29, 1.82) is 0 Å². The van der Waals surface area contributed by atoms with Gasteiger partial charge in [-0.15, -0.1) is 0 Å². The molecular formula is C20H24N2O4. The van der Waals surface area contributed by atoms with Crippen molar-refractivity contribution in [3.8, 4) is 11.3 Å². The lowest BCUT2D eigenvalue weighted by molar-refractivity contribution is -0.144. The van der Waals surface area contributed by atoms with Crippen molar-refractivity contribution >= 4 is 18.4 Å². The minimum atomic E-state index is -0.0728. The Kier molecular flexibility index (Phi) is 6.04. The van der Waals surface area contributed by atoms with E-state index in [0.29, 0.717) is 37.0 Å². The average Bonchev–Trinajstić information content (AvgIpc) is 3.12. The van der Waals surface area contributed by atoms with Crippen LogP contribution in [0.1, 0.15) is 50.5 Å². The minimum absolute atomic E-state index is 0.0728. The standard InChI is InChI=1S/C20H24N2O4/c1-2-25-19(24)11-14-3-5-15(6-4-14)16-7-9-17(10-8-16)18-12-26-20(22-18)21-13-23/h7-10,12-15H,2-6,11H2,1H3,(H,21,22,23). The molecule has 6 nitrogen and oxygen atoms in total. The lowest BCUT2D eigenvalue weighted by atomic mass is 9.77. The number of aromatic nitrogens is 1. The monoisotopic (exact) mass is 356 g/mol. The maximum atomic E-state index is 11.6. The summed E-state index contributed by atoms with van der Waals surface area (Å²) < 4.78 is 10.2. The van der Waals surface area contributed by atoms with Gasteiger partial charge in [0.15, 0.2) is 0 Å². The fraction of sp³-hybridized carbons (Fsp3) is 0.450. The van der Waals surface area contributed by atoms with Crippen molar-refractivity contribution in [3.63, 3.8) is 0 Å². The van der Waals surface area contributed by atoms with Crippen molar-refractivity contribution in [2.24, 2.45) is 5.92 Å². The summed E-state index contributed by atoms with van der Waals surface area (Å²) in [5, 5.41) is 2.39. The average molecular weight is 356 g/mol. The van der Waals surface area contributed by atoms with Crippen LogP contribution in [0.25, 0.3) is 11.3 Å². The lowest BCUT2D eigenvalue weighted by Gasteiger charge is -2.28. The fourth-order valence-electron chi connectivity index (χ4n) is 3.60. The first-order chi connectivity index (χ1) is 12.7. The normalized spacial score (nSPS) is 19.7. The van der Waals surface area contributed by atoms with Gasteiger partial charge in [0.25, 0.3) is 0 Å². The number of rotatable bonds is 7. The highest BCUT2D eigenvalue weighted by Crippen LogP contribution is 2.37. The number of anilines is 1. The molecule has 1 aliphatic carbocycles. The summed E-state index contributed by atoms with van der Waals surface area (Å²) >= 11 is 0. The molecule has 0 aliphatic heterocycles. The van der Waals surface area contributed by atoms with Crippen LogP contribution in [-0.2, 0) is 14.3 Å². The van der Waals surface area contributed by atoms with Crippen LogP contribution < -0.4 is 5.32 Å². The summed E-state index contributed by atoms with van der Waals surface area (Å²) in [7, 11) is 0. The van der Waals surface area contributed by atoms with E-state index in [9.17, 15) is 9.59 Å². The Morgan fingerprint density at radius 3 is 2.65 bits per heavy atom. The first kappa shape index (κ1) is 18.2. The maximum Gasteiger partial charge on any atom is 0.306 e. The lowest BCUT2D eigenvalue weighted by Crippen LogP contribution is -2.17. The number of oxazole rings is 1. The zero-order valence-corrected chi connectivity index (χ0v) is 14.9. The van der Waals surface area contributed by atoms with Gasteiger partial charge >= 0.3 is 12.0 Å². The van der Waals surface area contributed by atoms with E-state index in [1.54, 1.807) is 0 Å². The van der Waals surface area contributed by atoms with E-state index in [1.807, 2.05) is 19.1 Å². The molecule has 0 radical (unpaired) electrons. The quantitative estimate of drug-likeness (QED) is 0.596. The molecule has 3 rings (SSSR count). The Morgan fingerprint density at radius 1 is 1.27 bits per heavy atom. The highest BCUT2D eigenvalue weighted by atomic mass is 16.5. The Balaban J connectivity index is 1.56. The SMILES string of the molecule is CCOC(=O)CC1CCC(c2ccc(-c3coc(NC=O)n3)cc2)CC1. The number of nitrogens with one attached hydrogen (secondary N) is 1. The summed E-state index contributed by atoms with van der Waals surface area (Å²) in [5.74, 6) is 0.909. The Bertz CT molecular complexity index is 731. The minimum Gasteiger partial charge on any atom is -0.466 e. The predicted molar refractivity (Wildman–Crippen MR) is 97.6 cm³/mol. The Labute approximate surface area is 152 Å². The summed E-state index contributed by atoms with van der Waals surface area (Å²) in [4.78, 5) is 26.2. The van der Waals surface area contributed by atoms with E-state index in [-0.39, 0.29) is 12.0 Å². The van der Waals surface area contributed by atoms with E-state index in [4.69, 9.17) is 9.15 Å². The van der Waals surface area contributed by atoms with Gasteiger partial charge in [0, 0.05) is 12.0 Å². The van der Waals surface area contributed by atoms with Crippen molar-refractivity contribution in [1.82, 2.24) is 4.98 Å². The molecule has 1 aromatic carbocycles. The molecule has 1 N–H and O–H groups in total. The van der Waals surface area contributed by atoms with Gasteiger partial charge in [-0.1, -0.05) is 24.3 Å². The molecule has 138 valence electrons. The van der Waals surface area contributed by atoms with Crippen molar-refractivity contribution < 1.29 is 18.7 Å². The molecule has 26 heavy (non-hydrogen) atoms. The number of benzene rings is 1. The number of carbonyl (C=O) groups excluding carboxylic acids is 2. The molecule has 2 aromatic rings. The number of amides is 1. The van der Waals surface area contributed by atoms with Crippen molar-refractivity contribution in [3.05, 3.63) is 36.1 Å². The number of hydrogen-bond donors (Lipinski definition) is 1. The number of esters is 1. The molecule has 1 saturated carbocycles. The van der Waals surface area contributed by atoms with E-state index in [0.717, 1.165) is 31.2 Å². The van der Waals surface area contributed by atoms with Gasteiger partial charge in [-0.05, 0) is 50.0 Å². The largest absolute Gasteiger partial charge is 0.466 e. The fourth-order valence-corrected chi connectivity index (χ4v) is 3.60. The van der Waals surface area contributed by atoms with Crippen LogP contribution in [0.4, 0.5) is 6.01 Å². The van der Waals surface area contributed by atoms with Gasteiger partial charge in [0.05, 0.1) is 6.61 Å². The molecule has 0 spiro atoms. The highest BCUT2D eigenvalue weighted by molar-refractivity contribution is 5.69. The van der Waals surface area contributed by atoms with Gasteiger partial charge in [-0.3, -0.25) is 14.9 Å². The molecule has 0 unspecified atom stereocenters. The summed E-state index contributed by atoms with van der Waals surface area (Å²) in [6.07, 6.45) is 6.94. The van der Waals surface area contributed by atoms with Gasteiger partial charge in [0.2, 0.25) is 6.41 Å². The second-order valence-corrected chi connectivity index (χ2v) is 6.65. The van der Waals surface area contributed by atoms with Gasteiger partial charge in [-0.2, -0.15) is 4.98 Å². The van der Waals surface area contributed by atoms with E-state index in [1.165, 1.54) is 11.8 Å². The third-order valence-electron chi connectivity index (χ3n) is 4.97. The molecule has 1 aliphatic rings. The number of nitrogens with zero attached hydrogens (tertiary/aromatic N) is 1. The van der Waals surface area contributed by atoms with Crippen LogP contribution in [0.2, 0.25) is 0 Å². The van der Waals surface area contributed by atoms with Crippen LogP contribution in [-0.4, -0.2) is 24.0 Å². The predicted octanol–water partition coefficient (Wildman–Crippen LogP) is 4.14. The van der Waals surface area contributed by atoms with Crippen molar-refractivity contribution in [2.45, 2.75) is 44.9 Å². The van der Waals surface area contributed by atoms with Gasteiger partial charge in [0.1, 0.15) is 12.0 Å². The highest BCUT2D eigenvalue weighted by Gasteiger charge is 2.24. The molecular weight excluding hydrogens is 332 g/mol. The molecule has 1 heterocycles. The number of hydrogen-bond acceptors (Lipinski definition) is 5. The second-order valence-electron chi connectivity index (χ2n) is 6.65. The summed E-state index contributed by atoms with van der Waals surface area (Å²) in [5.41, 5.74) is 2.96. The molecule has 0 bridgehead atoms. The zero-order valence-electron chi connectivity index (χ0n) is 14.9. The number of ether oxygens (including phenoxy) is 1. The third kappa shape index (κ3) is 4.50. The Morgan fingerprint density at radius 2 is 2.00 bits per heavy atom. The third-order valence-corrected chi connectivity index (χ3v) is 4.97. The van der Waals surface area contributed by atoms with Gasteiger partial charge < -0.3 is 9.15 Å². The second kappa shape index (κ2) is 8.65. The van der Waals surface area contributed by atoms with E-state index in [2.05, 4.69) is 22.4 Å². The van der Waals surface area contributed by atoms with Crippen molar-refractivity contribution in [2.75, 3.05) is 11.9 Å². The molecule has 1 aromatic heterocycles. The van der Waals surface area contributed by atoms with Crippen LogP contribution in [0.5, 0.6) is 0 Å². The number of carbonyl (C=O) groups is 2. The van der Waals surface area contributed by atoms with Crippen LogP contribution in [0.15, 0.2) is 34.9 Å². The smallest absolute Gasteiger partial charge is 0.306 e. The topological polar surface area (TPSA) is 81.4 Å². The first-order valence-corrected chi connectivity index (χ1v) is 9.11. The zero-order chi connectivity index (χ0) is 18.4. The van der Waals surface area contributed by atoms with Gasteiger partial charge in [-0.25, -0.2) is 0 Å². The molecule has 0 saturated heterocycles.